The molecule has 2 unspecified atom stereocenters. The van der Waals surface area contributed by atoms with Gasteiger partial charge in [-0.3, -0.25) is 4.90 Å². The smallest absolute Gasteiger partial charge is 0.166 e. The molecule has 0 amide bonds. The molecule has 152 valence electrons. The van der Waals surface area contributed by atoms with E-state index in [0.717, 1.165) is 46.5 Å². The lowest BCUT2D eigenvalue weighted by molar-refractivity contribution is 0.0704. The number of nitrogens with zero attached hydrogens (tertiary/aromatic N) is 1. The number of hydrogen-bond acceptors (Lipinski definition) is 4. The maximum Gasteiger partial charge on any atom is 0.166 e. The van der Waals surface area contributed by atoms with Gasteiger partial charge in [0.15, 0.2) is 11.5 Å². The predicted octanol–water partition coefficient (Wildman–Crippen LogP) is 4.60. The third-order valence-corrected chi connectivity index (χ3v) is 7.61. The van der Waals surface area contributed by atoms with Crippen molar-refractivity contribution in [2.75, 3.05) is 20.2 Å². The third kappa shape index (κ3) is 3.25. The summed E-state index contributed by atoms with van der Waals surface area (Å²) in [7, 11) is 1.68. The number of ether oxygens (including phenoxy) is 2. The van der Waals surface area contributed by atoms with Crippen LogP contribution in [0.15, 0.2) is 51.4 Å². The van der Waals surface area contributed by atoms with Crippen LogP contribution in [0.4, 0.5) is 0 Å². The molecule has 0 saturated carbocycles. The zero-order valence-corrected chi connectivity index (χ0v) is 19.4. The van der Waals surface area contributed by atoms with Crippen molar-refractivity contribution in [2.45, 2.75) is 37.0 Å². The minimum atomic E-state index is -0.471. The van der Waals surface area contributed by atoms with Crippen LogP contribution in [0.2, 0.25) is 0 Å². The van der Waals surface area contributed by atoms with Gasteiger partial charge in [-0.05, 0) is 35.7 Å². The Morgan fingerprint density at radius 3 is 2.83 bits per heavy atom. The SMILES string of the molecule is COc1cc(Br)c2c3c1OC1C[C@@H](O)C=CC31CN(Cc1ccc(Br)cc1)CC2. The third-order valence-electron chi connectivity index (χ3n) is 6.37. The van der Waals surface area contributed by atoms with Crippen LogP contribution in [0.5, 0.6) is 11.5 Å². The zero-order chi connectivity index (χ0) is 20.2. The molecule has 1 spiro atoms. The van der Waals surface area contributed by atoms with Crippen molar-refractivity contribution in [2.24, 2.45) is 0 Å². The molecule has 0 aromatic heterocycles. The first-order valence-electron chi connectivity index (χ1n) is 9.91. The summed E-state index contributed by atoms with van der Waals surface area (Å²) in [6.07, 6.45) is 5.10. The fraction of sp³-hybridized carbons (Fsp3) is 0.391. The summed E-state index contributed by atoms with van der Waals surface area (Å²) in [5.74, 6) is 1.61. The summed E-state index contributed by atoms with van der Waals surface area (Å²) in [5, 5.41) is 10.3. The zero-order valence-electron chi connectivity index (χ0n) is 16.2. The van der Waals surface area contributed by atoms with Crippen molar-refractivity contribution in [3.63, 3.8) is 0 Å². The van der Waals surface area contributed by atoms with Gasteiger partial charge in [0.05, 0.1) is 18.6 Å². The van der Waals surface area contributed by atoms with Gasteiger partial charge in [-0.25, -0.2) is 0 Å². The fourth-order valence-corrected chi connectivity index (χ4v) is 5.90. The Balaban J connectivity index is 1.59. The molecule has 0 saturated heterocycles. The van der Waals surface area contributed by atoms with Crippen LogP contribution in [0, 0.1) is 0 Å². The Morgan fingerprint density at radius 1 is 1.28 bits per heavy atom. The standard InChI is InChI=1S/C23H23Br2NO3/c1-28-19-11-18(25)17-7-9-26(12-14-2-4-15(24)5-3-14)13-23-8-6-16(27)10-20(23)29-22(19)21(17)23/h2-6,8,11,16,20,27H,7,9-10,12-13H2,1H3/t16-,20?,23?/m0/s1. The Morgan fingerprint density at radius 2 is 2.07 bits per heavy atom. The van der Waals surface area contributed by atoms with Crippen molar-refractivity contribution >= 4 is 31.9 Å². The second-order valence-electron chi connectivity index (χ2n) is 8.14. The summed E-state index contributed by atoms with van der Waals surface area (Å²) in [4.78, 5) is 2.51. The molecule has 2 heterocycles. The quantitative estimate of drug-likeness (QED) is 0.601. The molecule has 2 aromatic rings. The van der Waals surface area contributed by atoms with Crippen molar-refractivity contribution in [3.05, 3.63) is 68.1 Å². The molecule has 0 fully saturated rings. The summed E-state index contributed by atoms with van der Waals surface area (Å²) in [5.41, 5.74) is 3.55. The highest BCUT2D eigenvalue weighted by Gasteiger charge is 2.54. The summed E-state index contributed by atoms with van der Waals surface area (Å²) in [6, 6.07) is 10.6. The van der Waals surface area contributed by atoms with E-state index >= 15 is 0 Å². The maximum absolute atomic E-state index is 10.3. The molecule has 2 aliphatic heterocycles. The number of aliphatic hydroxyl groups is 1. The van der Waals surface area contributed by atoms with E-state index in [9.17, 15) is 5.11 Å². The Hall–Kier alpha value is -1.34. The fourth-order valence-electron chi connectivity index (χ4n) is 5.03. The van der Waals surface area contributed by atoms with Gasteiger partial charge < -0.3 is 14.6 Å². The summed E-state index contributed by atoms with van der Waals surface area (Å²) < 4.78 is 14.3. The van der Waals surface area contributed by atoms with Crippen LogP contribution >= 0.6 is 31.9 Å². The molecule has 1 N–H and O–H groups in total. The predicted molar refractivity (Wildman–Crippen MR) is 120 cm³/mol. The van der Waals surface area contributed by atoms with Gasteiger partial charge in [0.1, 0.15) is 6.10 Å². The highest BCUT2D eigenvalue weighted by atomic mass is 79.9. The Kier molecular flexibility index (Phi) is 5.01. The summed E-state index contributed by atoms with van der Waals surface area (Å²) >= 11 is 7.31. The van der Waals surface area contributed by atoms with Crippen molar-refractivity contribution in [3.8, 4) is 11.5 Å². The van der Waals surface area contributed by atoms with Crippen LogP contribution in [0.25, 0.3) is 0 Å². The molecule has 1 aliphatic carbocycles. The van der Waals surface area contributed by atoms with Crippen molar-refractivity contribution < 1.29 is 14.6 Å². The topological polar surface area (TPSA) is 41.9 Å². The first-order valence-corrected chi connectivity index (χ1v) is 11.5. The molecule has 5 rings (SSSR count). The average molecular weight is 521 g/mol. The van der Waals surface area contributed by atoms with E-state index in [4.69, 9.17) is 9.47 Å². The van der Waals surface area contributed by atoms with Crippen LogP contribution in [0.3, 0.4) is 0 Å². The molecule has 3 atom stereocenters. The van der Waals surface area contributed by atoms with E-state index in [1.165, 1.54) is 16.7 Å². The van der Waals surface area contributed by atoms with Gasteiger partial charge in [0.2, 0.25) is 0 Å². The normalized spacial score (nSPS) is 27.7. The van der Waals surface area contributed by atoms with Gasteiger partial charge >= 0.3 is 0 Å². The number of rotatable bonds is 3. The van der Waals surface area contributed by atoms with Gasteiger partial charge in [-0.2, -0.15) is 0 Å². The first kappa shape index (κ1) is 19.6. The molecule has 0 bridgehead atoms. The van der Waals surface area contributed by atoms with E-state index in [2.05, 4.69) is 67.1 Å². The number of aliphatic hydroxyl groups excluding tert-OH is 1. The minimum Gasteiger partial charge on any atom is -0.493 e. The molecule has 29 heavy (non-hydrogen) atoms. The largest absolute Gasteiger partial charge is 0.493 e. The van der Waals surface area contributed by atoms with Crippen molar-refractivity contribution in [1.29, 1.82) is 0 Å². The van der Waals surface area contributed by atoms with E-state index in [1.54, 1.807) is 7.11 Å². The second-order valence-corrected chi connectivity index (χ2v) is 9.91. The van der Waals surface area contributed by atoms with Crippen LogP contribution in [0.1, 0.15) is 23.1 Å². The second kappa shape index (κ2) is 7.41. The van der Waals surface area contributed by atoms with E-state index in [1.807, 2.05) is 12.1 Å². The molecule has 6 heteroatoms. The van der Waals surface area contributed by atoms with Gasteiger partial charge in [-0.1, -0.05) is 56.1 Å². The number of halogens is 2. The van der Waals surface area contributed by atoms with Gasteiger partial charge in [-0.15, -0.1) is 0 Å². The number of methoxy groups -OCH3 is 1. The Labute approximate surface area is 187 Å². The number of benzene rings is 2. The van der Waals surface area contributed by atoms with Crippen molar-refractivity contribution in [1.82, 2.24) is 4.90 Å². The molecule has 2 aromatic carbocycles. The lowest BCUT2D eigenvalue weighted by atomic mass is 9.70. The van der Waals surface area contributed by atoms with E-state index in [0.29, 0.717) is 6.42 Å². The Bertz CT molecular complexity index is 975. The van der Waals surface area contributed by atoms with Gasteiger partial charge in [0.25, 0.3) is 0 Å². The van der Waals surface area contributed by atoms with Crippen LogP contribution in [-0.2, 0) is 18.4 Å². The molecule has 0 radical (unpaired) electrons. The monoisotopic (exact) mass is 519 g/mol. The van der Waals surface area contributed by atoms with Crippen LogP contribution in [-0.4, -0.2) is 42.4 Å². The number of hydrogen-bond donors (Lipinski definition) is 1. The van der Waals surface area contributed by atoms with E-state index < -0.39 is 6.10 Å². The summed E-state index contributed by atoms with van der Waals surface area (Å²) in [6.45, 7) is 2.71. The molecular formula is C23H23Br2NO3. The lowest BCUT2D eigenvalue weighted by Gasteiger charge is -2.38. The minimum absolute atomic E-state index is 0.0926. The molecule has 4 nitrogen and oxygen atoms in total. The maximum atomic E-state index is 10.3. The first-order chi connectivity index (χ1) is 14.0. The highest BCUT2D eigenvalue weighted by molar-refractivity contribution is 9.10. The average Bonchev–Trinajstić information content (AvgIpc) is 2.92. The molecule has 3 aliphatic rings. The lowest BCUT2D eigenvalue weighted by Crippen LogP contribution is -2.48. The van der Waals surface area contributed by atoms with Crippen LogP contribution < -0.4 is 9.47 Å². The van der Waals surface area contributed by atoms with E-state index in [-0.39, 0.29) is 11.5 Å². The highest BCUT2D eigenvalue weighted by Crippen LogP contribution is 2.56. The molecular weight excluding hydrogens is 498 g/mol. The van der Waals surface area contributed by atoms with Gasteiger partial charge in [0, 0.05) is 40.6 Å².